The van der Waals surface area contributed by atoms with Gasteiger partial charge in [0.1, 0.15) is 0 Å². The Balaban J connectivity index is 0.00000361. The minimum Gasteiger partial charge on any atom is -0.382 e. The summed E-state index contributed by atoms with van der Waals surface area (Å²) in [6, 6.07) is -0.0908. The van der Waals surface area contributed by atoms with E-state index in [9.17, 15) is 18.0 Å². The van der Waals surface area contributed by atoms with Crippen LogP contribution in [0, 0.1) is 0 Å². The molecule has 4 N–H and O–H groups in total. The van der Waals surface area contributed by atoms with Gasteiger partial charge in [-0.1, -0.05) is 0 Å². The number of nitrogens with zero attached hydrogens (tertiary/aromatic N) is 1. The average Bonchev–Trinajstić information content (AvgIpc) is 2.35. The van der Waals surface area contributed by atoms with Crippen molar-refractivity contribution in [2.24, 2.45) is 4.99 Å². The number of amides is 1. The molecule has 1 amide bonds. The van der Waals surface area contributed by atoms with Crippen molar-refractivity contribution in [3.63, 3.8) is 0 Å². The number of hydrogen-bond donors (Lipinski definition) is 4. The zero-order valence-electron chi connectivity index (χ0n) is 10.8. The molecule has 0 aromatic rings. The van der Waals surface area contributed by atoms with Crippen LogP contribution in [0.3, 0.4) is 0 Å². The predicted molar refractivity (Wildman–Crippen MR) is 78.0 cm³/mol. The predicted octanol–water partition coefficient (Wildman–Crippen LogP) is -0.0288. The van der Waals surface area contributed by atoms with Crippen molar-refractivity contribution >= 4 is 35.8 Å². The van der Waals surface area contributed by atoms with Gasteiger partial charge in [0.15, 0.2) is 12.1 Å². The molecule has 118 valence electrons. The molecule has 1 fully saturated rings. The maximum atomic E-state index is 12.1. The molecule has 6 nitrogen and oxygen atoms in total. The van der Waals surface area contributed by atoms with Gasteiger partial charge in [-0.2, -0.15) is 13.2 Å². The number of alkyl halides is 3. The molecule has 1 heterocycles. The highest BCUT2D eigenvalue weighted by Gasteiger charge is 2.38. The Kier molecular flexibility index (Phi) is 8.16. The Morgan fingerprint density at radius 3 is 2.70 bits per heavy atom. The molecule has 2 unspecified atom stereocenters. The summed E-state index contributed by atoms with van der Waals surface area (Å²) in [6.45, 7) is -0.288. The van der Waals surface area contributed by atoms with Crippen LogP contribution in [-0.4, -0.2) is 55.4 Å². The molecule has 2 atom stereocenters. The molecule has 0 radical (unpaired) electrons. The first-order valence-corrected chi connectivity index (χ1v) is 5.81. The van der Waals surface area contributed by atoms with Crippen LogP contribution in [0.2, 0.25) is 0 Å². The molecule has 1 aliphatic rings. The van der Waals surface area contributed by atoms with Gasteiger partial charge in [0, 0.05) is 26.1 Å². The summed E-state index contributed by atoms with van der Waals surface area (Å²) in [7, 11) is 1.41. The monoisotopic (exact) mass is 410 g/mol. The molecule has 0 spiro atoms. The van der Waals surface area contributed by atoms with Gasteiger partial charge in [0.2, 0.25) is 5.91 Å². The minimum absolute atomic E-state index is 0. The van der Waals surface area contributed by atoms with E-state index in [1.165, 1.54) is 7.05 Å². The number of carbonyl (C=O) groups is 1. The number of aliphatic hydroxyl groups is 1. The maximum absolute atomic E-state index is 12.1. The lowest BCUT2D eigenvalue weighted by Gasteiger charge is -2.26. The Morgan fingerprint density at radius 1 is 1.60 bits per heavy atom. The van der Waals surface area contributed by atoms with Gasteiger partial charge in [-0.15, -0.1) is 24.0 Å². The molecule has 10 heteroatoms. The number of carbonyl (C=O) groups excluding carboxylic acids is 1. The number of aliphatic hydroxyl groups excluding tert-OH is 1. The van der Waals surface area contributed by atoms with E-state index in [1.807, 2.05) is 0 Å². The van der Waals surface area contributed by atoms with Crippen LogP contribution in [0.1, 0.15) is 12.8 Å². The molecule has 1 aliphatic heterocycles. The third kappa shape index (κ3) is 6.59. The van der Waals surface area contributed by atoms with Crippen molar-refractivity contribution in [3.8, 4) is 0 Å². The number of halogens is 4. The fraction of sp³-hybridized carbons (Fsp3) is 0.800. The first-order valence-electron chi connectivity index (χ1n) is 5.81. The van der Waals surface area contributed by atoms with Gasteiger partial charge in [-0.05, 0) is 6.42 Å². The third-order valence-electron chi connectivity index (χ3n) is 2.67. The summed E-state index contributed by atoms with van der Waals surface area (Å²) in [6.07, 6.45) is -6.17. The Bertz CT molecular complexity index is 342. The normalized spacial score (nSPS) is 21.6. The Labute approximate surface area is 131 Å². The zero-order valence-corrected chi connectivity index (χ0v) is 13.2. The van der Waals surface area contributed by atoms with Crippen molar-refractivity contribution in [2.75, 3.05) is 20.1 Å². The highest BCUT2D eigenvalue weighted by molar-refractivity contribution is 14.0. The minimum atomic E-state index is -4.66. The highest BCUT2D eigenvalue weighted by Crippen LogP contribution is 2.19. The lowest BCUT2D eigenvalue weighted by Crippen LogP contribution is -2.53. The van der Waals surface area contributed by atoms with Crippen molar-refractivity contribution < 1.29 is 23.1 Å². The van der Waals surface area contributed by atoms with Crippen LogP contribution >= 0.6 is 24.0 Å². The smallest absolute Gasteiger partial charge is 0.382 e. The van der Waals surface area contributed by atoms with Gasteiger partial charge >= 0.3 is 6.18 Å². The molecule has 0 aromatic carbocycles. The fourth-order valence-electron chi connectivity index (χ4n) is 1.55. The lowest BCUT2D eigenvalue weighted by molar-refractivity contribution is -0.201. The number of guanidine groups is 1. The molecule has 0 bridgehead atoms. The van der Waals surface area contributed by atoms with Crippen LogP contribution in [0.4, 0.5) is 13.2 Å². The SMILES string of the molecule is CN=C(NCC(O)C(F)(F)F)NC1CCC(=O)NC1.I. The zero-order chi connectivity index (χ0) is 14.5. The number of hydrogen-bond acceptors (Lipinski definition) is 3. The van der Waals surface area contributed by atoms with Gasteiger partial charge in [0.25, 0.3) is 0 Å². The van der Waals surface area contributed by atoms with Crippen LogP contribution in [0.15, 0.2) is 4.99 Å². The summed E-state index contributed by atoms with van der Waals surface area (Å²) < 4.78 is 36.3. The number of aliphatic imine (C=N–C) groups is 1. The largest absolute Gasteiger partial charge is 0.416 e. The second kappa shape index (κ2) is 8.49. The first kappa shape index (κ1) is 19.2. The van der Waals surface area contributed by atoms with E-state index in [2.05, 4.69) is 20.9 Å². The van der Waals surface area contributed by atoms with Crippen molar-refractivity contribution in [3.05, 3.63) is 0 Å². The lowest BCUT2D eigenvalue weighted by atomic mass is 10.1. The van der Waals surface area contributed by atoms with Crippen molar-refractivity contribution in [1.82, 2.24) is 16.0 Å². The van der Waals surface area contributed by atoms with Crippen LogP contribution in [0.5, 0.6) is 0 Å². The summed E-state index contributed by atoms with van der Waals surface area (Å²) in [5, 5.41) is 16.7. The molecule has 1 saturated heterocycles. The molecule has 0 saturated carbocycles. The topological polar surface area (TPSA) is 85.8 Å². The van der Waals surface area contributed by atoms with Crippen LogP contribution in [-0.2, 0) is 4.79 Å². The number of nitrogens with one attached hydrogen (secondary N) is 3. The summed E-state index contributed by atoms with van der Waals surface area (Å²) >= 11 is 0. The van der Waals surface area contributed by atoms with Gasteiger partial charge in [0.05, 0.1) is 6.54 Å². The summed E-state index contributed by atoms with van der Waals surface area (Å²) in [5.74, 6) is 0.109. The highest BCUT2D eigenvalue weighted by atomic mass is 127. The quantitative estimate of drug-likeness (QED) is 0.299. The third-order valence-corrected chi connectivity index (χ3v) is 2.67. The summed E-state index contributed by atoms with van der Waals surface area (Å²) in [5.41, 5.74) is 0. The van der Waals surface area contributed by atoms with E-state index >= 15 is 0 Å². The second-order valence-electron chi connectivity index (χ2n) is 4.19. The molecule has 0 aliphatic carbocycles. The number of piperidine rings is 1. The molecule has 20 heavy (non-hydrogen) atoms. The molecular weight excluding hydrogens is 392 g/mol. The number of rotatable bonds is 3. The first-order chi connectivity index (χ1) is 8.82. The van der Waals surface area contributed by atoms with Crippen LogP contribution in [0.25, 0.3) is 0 Å². The average molecular weight is 410 g/mol. The second-order valence-corrected chi connectivity index (χ2v) is 4.19. The molecule has 1 rings (SSSR count). The summed E-state index contributed by atoms with van der Waals surface area (Å²) in [4.78, 5) is 14.7. The van der Waals surface area contributed by atoms with Crippen molar-refractivity contribution in [2.45, 2.75) is 31.2 Å². The van der Waals surface area contributed by atoms with E-state index in [-0.39, 0.29) is 41.9 Å². The van der Waals surface area contributed by atoms with E-state index in [4.69, 9.17) is 5.11 Å². The Morgan fingerprint density at radius 2 is 2.25 bits per heavy atom. The molecule has 0 aromatic heterocycles. The van der Waals surface area contributed by atoms with Gasteiger partial charge < -0.3 is 21.1 Å². The standard InChI is InChI=1S/C10H17F3N4O2.HI/c1-14-9(16-5-7(18)10(11,12)13)17-6-2-3-8(19)15-4-6;/h6-7,18H,2-5H2,1H3,(H,15,19)(H2,14,16,17);1H. The van der Waals surface area contributed by atoms with E-state index < -0.39 is 18.8 Å². The Hall–Kier alpha value is -0.780. The fourth-order valence-corrected chi connectivity index (χ4v) is 1.55. The van der Waals surface area contributed by atoms with Crippen LogP contribution < -0.4 is 16.0 Å². The maximum Gasteiger partial charge on any atom is 0.416 e. The van der Waals surface area contributed by atoms with Gasteiger partial charge in [-0.25, -0.2) is 0 Å². The van der Waals surface area contributed by atoms with E-state index in [1.54, 1.807) is 0 Å². The molecular formula is C10H18F3IN4O2. The van der Waals surface area contributed by atoms with E-state index in [0.29, 0.717) is 19.4 Å². The van der Waals surface area contributed by atoms with Gasteiger partial charge in [-0.3, -0.25) is 9.79 Å². The van der Waals surface area contributed by atoms with Crippen molar-refractivity contribution in [1.29, 1.82) is 0 Å². The van der Waals surface area contributed by atoms with E-state index in [0.717, 1.165) is 0 Å².